The highest BCUT2D eigenvalue weighted by molar-refractivity contribution is 7.87. The molecule has 1 fully saturated rings. The Hall–Kier alpha value is -2.91. The number of rotatable bonds is 13. The quantitative estimate of drug-likeness (QED) is 0.205. The van der Waals surface area contributed by atoms with Crippen molar-refractivity contribution in [1.82, 2.24) is 4.90 Å². The van der Waals surface area contributed by atoms with Gasteiger partial charge in [0.2, 0.25) is 5.91 Å². The van der Waals surface area contributed by atoms with E-state index in [9.17, 15) is 18.0 Å². The second-order valence-electron chi connectivity index (χ2n) is 9.67. The van der Waals surface area contributed by atoms with Crippen molar-refractivity contribution >= 4 is 22.0 Å². The van der Waals surface area contributed by atoms with Crippen LogP contribution in [0.1, 0.15) is 68.8 Å². The van der Waals surface area contributed by atoms with E-state index >= 15 is 0 Å². The molecule has 2 aromatic rings. The number of carbonyl (C=O) groups excluding carboxylic acids is 2. The fourth-order valence-electron chi connectivity index (χ4n) is 4.05. The lowest BCUT2D eigenvalue weighted by molar-refractivity contribution is -0.134. The summed E-state index contributed by atoms with van der Waals surface area (Å²) in [5.41, 5.74) is 0.781. The highest BCUT2D eigenvalue weighted by Gasteiger charge is 2.26. The lowest BCUT2D eigenvalue weighted by atomic mass is 10.1. The maximum Gasteiger partial charge on any atom is 0.340 e. The first-order chi connectivity index (χ1) is 17.7. The van der Waals surface area contributed by atoms with E-state index in [2.05, 4.69) is 0 Å². The number of benzene rings is 2. The number of hydrogen-bond acceptors (Lipinski definition) is 7. The van der Waals surface area contributed by atoms with Gasteiger partial charge in [-0.2, -0.15) is 8.42 Å². The van der Waals surface area contributed by atoms with Crippen molar-refractivity contribution in [2.45, 2.75) is 70.4 Å². The van der Waals surface area contributed by atoms with Crippen molar-refractivity contribution in [2.24, 2.45) is 5.92 Å². The van der Waals surface area contributed by atoms with Crippen LogP contribution in [0.3, 0.4) is 0 Å². The lowest BCUT2D eigenvalue weighted by Crippen LogP contribution is -2.37. The summed E-state index contributed by atoms with van der Waals surface area (Å²) in [6.07, 6.45) is 3.97. The molecule has 0 bridgehead atoms. The number of unbranched alkanes of at least 4 members (excludes halogenated alkanes) is 1. The van der Waals surface area contributed by atoms with Gasteiger partial charge in [0.05, 0.1) is 18.3 Å². The van der Waals surface area contributed by atoms with Crippen molar-refractivity contribution in [1.29, 1.82) is 0 Å². The minimum Gasteiger partial charge on any atom is -0.462 e. The maximum absolute atomic E-state index is 13.0. The Bertz CT molecular complexity index is 1140. The first-order valence-corrected chi connectivity index (χ1v) is 14.3. The maximum atomic E-state index is 13.0. The highest BCUT2D eigenvalue weighted by atomic mass is 32.2. The van der Waals surface area contributed by atoms with E-state index < -0.39 is 16.1 Å². The molecule has 8 nitrogen and oxygen atoms in total. The van der Waals surface area contributed by atoms with E-state index in [1.54, 1.807) is 30.3 Å². The van der Waals surface area contributed by atoms with Crippen molar-refractivity contribution in [3.8, 4) is 5.75 Å². The van der Waals surface area contributed by atoms with E-state index in [1.807, 2.05) is 25.7 Å². The Morgan fingerprint density at radius 2 is 1.84 bits per heavy atom. The van der Waals surface area contributed by atoms with E-state index in [-0.39, 0.29) is 40.7 Å². The summed E-state index contributed by atoms with van der Waals surface area (Å²) in [7, 11) is -4.28. The van der Waals surface area contributed by atoms with Gasteiger partial charge in [0.1, 0.15) is 10.6 Å². The number of amides is 1. The summed E-state index contributed by atoms with van der Waals surface area (Å²) in [4.78, 5) is 26.9. The largest absolute Gasteiger partial charge is 0.462 e. The molecule has 2 aromatic carbocycles. The second-order valence-corrected chi connectivity index (χ2v) is 11.2. The van der Waals surface area contributed by atoms with Gasteiger partial charge in [-0.1, -0.05) is 51.5 Å². The van der Waals surface area contributed by atoms with Crippen LogP contribution in [0.4, 0.5) is 0 Å². The third-order valence-electron chi connectivity index (χ3n) is 5.99. The molecular formula is C28H37NO7S. The molecular weight excluding hydrogens is 494 g/mol. The molecule has 0 aromatic heterocycles. The molecule has 0 spiro atoms. The Morgan fingerprint density at radius 1 is 1.11 bits per heavy atom. The number of ether oxygens (including phenoxy) is 2. The van der Waals surface area contributed by atoms with Crippen LogP contribution in [0.15, 0.2) is 53.4 Å². The summed E-state index contributed by atoms with van der Waals surface area (Å²) >= 11 is 0. The fourth-order valence-corrected chi connectivity index (χ4v) is 5.17. The first kappa shape index (κ1) is 28.7. The second kappa shape index (κ2) is 13.6. The Morgan fingerprint density at radius 3 is 2.49 bits per heavy atom. The van der Waals surface area contributed by atoms with Crippen LogP contribution in [0.25, 0.3) is 0 Å². The monoisotopic (exact) mass is 531 g/mol. The van der Waals surface area contributed by atoms with Gasteiger partial charge in [-0.3, -0.25) is 4.79 Å². The summed E-state index contributed by atoms with van der Waals surface area (Å²) in [6.45, 7) is 7.85. The molecule has 1 saturated heterocycles. The van der Waals surface area contributed by atoms with Gasteiger partial charge in [-0.05, 0) is 55.0 Å². The van der Waals surface area contributed by atoms with E-state index in [1.165, 1.54) is 18.2 Å². The minimum atomic E-state index is -4.28. The summed E-state index contributed by atoms with van der Waals surface area (Å²) < 4.78 is 42.3. The number of hydrogen-bond donors (Lipinski definition) is 0. The third kappa shape index (κ3) is 8.57. The van der Waals surface area contributed by atoms with Crippen LogP contribution in [0, 0.1) is 5.92 Å². The predicted octanol–water partition coefficient (Wildman–Crippen LogP) is 4.96. The molecule has 37 heavy (non-hydrogen) atoms. The Labute approximate surface area is 220 Å². The van der Waals surface area contributed by atoms with E-state index in [0.29, 0.717) is 25.9 Å². The molecule has 0 saturated carbocycles. The first-order valence-electron chi connectivity index (χ1n) is 12.9. The average Bonchev–Trinajstić information content (AvgIpc) is 3.37. The normalized spacial score (nSPS) is 15.5. The molecule has 3 rings (SSSR count). The fraction of sp³-hybridized carbons (Fsp3) is 0.500. The van der Waals surface area contributed by atoms with Crippen molar-refractivity contribution in [2.75, 3.05) is 19.8 Å². The zero-order valence-corrected chi connectivity index (χ0v) is 22.7. The number of esters is 1. The SMILES string of the molecule is CCCCOC(=O)c1ccccc1S(=O)(=O)Oc1ccc(CN(CC2CCCO2)C(=O)CC(C)C)cc1. The molecule has 202 valence electrons. The van der Waals surface area contributed by atoms with Gasteiger partial charge in [0, 0.05) is 26.1 Å². The van der Waals surface area contributed by atoms with Crippen LogP contribution >= 0.6 is 0 Å². The van der Waals surface area contributed by atoms with Crippen LogP contribution in [-0.4, -0.2) is 51.1 Å². The third-order valence-corrected chi connectivity index (χ3v) is 7.30. The lowest BCUT2D eigenvalue weighted by Gasteiger charge is -2.26. The molecule has 0 N–H and O–H groups in total. The molecule has 1 amide bonds. The zero-order valence-electron chi connectivity index (χ0n) is 21.9. The van der Waals surface area contributed by atoms with Gasteiger partial charge in [-0.15, -0.1) is 0 Å². The van der Waals surface area contributed by atoms with Crippen molar-refractivity contribution < 1.29 is 31.7 Å². The van der Waals surface area contributed by atoms with Crippen LogP contribution in [0.2, 0.25) is 0 Å². The smallest absolute Gasteiger partial charge is 0.340 e. The molecule has 0 aliphatic carbocycles. The van der Waals surface area contributed by atoms with Crippen molar-refractivity contribution in [3.05, 3.63) is 59.7 Å². The number of nitrogens with zero attached hydrogens (tertiary/aromatic N) is 1. The standard InChI is InChI=1S/C28H37NO7S/c1-4-5-16-35-28(31)25-10-6-7-11-26(25)37(32,33)36-23-14-12-22(13-15-23)19-29(27(30)18-21(2)3)20-24-9-8-17-34-24/h6-7,10-15,21,24H,4-5,8-9,16-20H2,1-3H3. The van der Waals surface area contributed by atoms with Gasteiger partial charge in [0.15, 0.2) is 0 Å². The molecule has 1 atom stereocenters. The van der Waals surface area contributed by atoms with E-state index in [0.717, 1.165) is 31.4 Å². The minimum absolute atomic E-state index is 0.0394. The zero-order chi connectivity index (χ0) is 26.8. The molecule has 9 heteroatoms. The van der Waals surface area contributed by atoms with Gasteiger partial charge in [0.25, 0.3) is 0 Å². The van der Waals surface area contributed by atoms with Gasteiger partial charge >= 0.3 is 16.1 Å². The molecule has 1 heterocycles. The Balaban J connectivity index is 1.71. The van der Waals surface area contributed by atoms with E-state index in [4.69, 9.17) is 13.7 Å². The summed E-state index contributed by atoms with van der Waals surface area (Å²) in [5, 5.41) is 0. The Kier molecular flexibility index (Phi) is 10.5. The molecule has 1 unspecified atom stereocenters. The average molecular weight is 532 g/mol. The van der Waals surface area contributed by atoms with Crippen LogP contribution in [0.5, 0.6) is 5.75 Å². The summed E-state index contributed by atoms with van der Waals surface area (Å²) in [6, 6.07) is 12.4. The van der Waals surface area contributed by atoms with Crippen LogP contribution in [-0.2, 0) is 30.9 Å². The van der Waals surface area contributed by atoms with Crippen molar-refractivity contribution in [3.63, 3.8) is 0 Å². The van der Waals surface area contributed by atoms with Crippen LogP contribution < -0.4 is 4.18 Å². The summed E-state index contributed by atoms with van der Waals surface area (Å²) in [5.74, 6) is -0.288. The predicted molar refractivity (Wildman–Crippen MR) is 140 cm³/mol. The molecule has 1 aliphatic rings. The topological polar surface area (TPSA) is 99.2 Å². The highest BCUT2D eigenvalue weighted by Crippen LogP contribution is 2.24. The number of carbonyl (C=O) groups is 2. The molecule has 1 aliphatic heterocycles. The molecule has 0 radical (unpaired) electrons. The van der Waals surface area contributed by atoms with Gasteiger partial charge < -0.3 is 18.6 Å². The van der Waals surface area contributed by atoms with Gasteiger partial charge in [-0.25, -0.2) is 4.79 Å².